The van der Waals surface area contributed by atoms with Gasteiger partial charge in [0.25, 0.3) is 0 Å². The number of hydrogen-bond acceptors (Lipinski definition) is 4. The monoisotopic (exact) mass is 220 g/mol. The smallest absolute Gasteiger partial charge is 0.371 e. The maximum atomic E-state index is 11.7. The summed E-state index contributed by atoms with van der Waals surface area (Å²) in [6.07, 6.45) is 1.31. The molecule has 0 radical (unpaired) electrons. The third-order valence-electron chi connectivity index (χ3n) is 2.03. The van der Waals surface area contributed by atoms with Gasteiger partial charge in [-0.1, -0.05) is 0 Å². The second-order valence-electron chi connectivity index (χ2n) is 3.24. The molecule has 16 heavy (non-hydrogen) atoms. The lowest BCUT2D eigenvalue weighted by atomic mass is 10.2. The van der Waals surface area contributed by atoms with Gasteiger partial charge in [-0.25, -0.2) is 4.79 Å². The highest BCUT2D eigenvalue weighted by molar-refractivity contribution is 6.07. The van der Waals surface area contributed by atoms with E-state index in [9.17, 15) is 9.59 Å². The number of carboxylic acids is 1. The highest BCUT2D eigenvalue weighted by atomic mass is 16.4. The van der Waals surface area contributed by atoms with Gasteiger partial charge in [0.2, 0.25) is 11.5 Å². The lowest BCUT2D eigenvalue weighted by Gasteiger charge is -1.91. The first-order chi connectivity index (χ1) is 7.58. The molecule has 0 spiro atoms. The van der Waals surface area contributed by atoms with Crippen molar-refractivity contribution in [2.45, 2.75) is 6.92 Å². The molecule has 2 heterocycles. The van der Waals surface area contributed by atoms with Crippen molar-refractivity contribution in [1.82, 2.24) is 0 Å². The van der Waals surface area contributed by atoms with Gasteiger partial charge >= 0.3 is 5.97 Å². The first kappa shape index (κ1) is 10.2. The number of carboxylic acid groups (broad SMARTS) is 1. The number of rotatable bonds is 3. The van der Waals surface area contributed by atoms with E-state index in [1.165, 1.54) is 18.4 Å². The third kappa shape index (κ3) is 1.75. The summed E-state index contributed by atoms with van der Waals surface area (Å²) < 4.78 is 9.86. The van der Waals surface area contributed by atoms with Crippen molar-refractivity contribution in [2.75, 3.05) is 0 Å². The van der Waals surface area contributed by atoms with Crippen molar-refractivity contribution in [2.24, 2.45) is 0 Å². The number of carbonyl (C=O) groups excluding carboxylic acids is 1. The molecule has 82 valence electrons. The van der Waals surface area contributed by atoms with E-state index in [1.54, 1.807) is 13.0 Å². The molecule has 2 aromatic rings. The summed E-state index contributed by atoms with van der Waals surface area (Å²) in [5, 5.41) is 8.63. The average Bonchev–Trinajstić information content (AvgIpc) is 2.84. The molecule has 0 amide bonds. The lowest BCUT2D eigenvalue weighted by Crippen LogP contribution is -1.98. The Balaban J connectivity index is 2.30. The molecule has 2 rings (SSSR count). The number of carbonyl (C=O) groups is 2. The summed E-state index contributed by atoms with van der Waals surface area (Å²) >= 11 is 0. The van der Waals surface area contributed by atoms with E-state index < -0.39 is 11.8 Å². The molecular weight excluding hydrogens is 212 g/mol. The Labute approximate surface area is 90.3 Å². The van der Waals surface area contributed by atoms with Gasteiger partial charge < -0.3 is 13.9 Å². The van der Waals surface area contributed by atoms with Crippen LogP contribution in [-0.4, -0.2) is 16.9 Å². The maximum Gasteiger partial charge on any atom is 0.371 e. The summed E-state index contributed by atoms with van der Waals surface area (Å²) in [6, 6.07) is 4.13. The van der Waals surface area contributed by atoms with E-state index in [1.807, 2.05) is 0 Å². The van der Waals surface area contributed by atoms with Crippen molar-refractivity contribution >= 4 is 11.8 Å². The van der Waals surface area contributed by atoms with E-state index >= 15 is 0 Å². The zero-order valence-corrected chi connectivity index (χ0v) is 8.39. The van der Waals surface area contributed by atoms with Crippen LogP contribution in [0.25, 0.3) is 0 Å². The van der Waals surface area contributed by atoms with Gasteiger partial charge in [0, 0.05) is 0 Å². The van der Waals surface area contributed by atoms with Crippen LogP contribution in [0.2, 0.25) is 0 Å². The predicted molar refractivity (Wildman–Crippen MR) is 52.5 cm³/mol. The zero-order valence-electron chi connectivity index (χ0n) is 8.39. The lowest BCUT2D eigenvalue weighted by molar-refractivity contribution is 0.0660. The molecular formula is C11H8O5. The van der Waals surface area contributed by atoms with Gasteiger partial charge in [-0.3, -0.25) is 4.79 Å². The van der Waals surface area contributed by atoms with E-state index in [0.717, 1.165) is 0 Å². The van der Waals surface area contributed by atoms with Gasteiger partial charge in [0.1, 0.15) is 12.0 Å². The summed E-state index contributed by atoms with van der Waals surface area (Å²) in [6.45, 7) is 1.71. The van der Waals surface area contributed by atoms with Crippen LogP contribution in [0.15, 0.2) is 33.3 Å². The highest BCUT2D eigenvalue weighted by Gasteiger charge is 2.17. The number of aromatic carboxylic acids is 1. The third-order valence-corrected chi connectivity index (χ3v) is 2.03. The normalized spacial score (nSPS) is 10.3. The summed E-state index contributed by atoms with van der Waals surface area (Å²) in [5.41, 5.74) is 0.337. The second-order valence-corrected chi connectivity index (χ2v) is 3.24. The summed E-state index contributed by atoms with van der Waals surface area (Å²) in [7, 11) is 0. The summed E-state index contributed by atoms with van der Waals surface area (Å²) in [4.78, 5) is 22.3. The molecule has 0 aliphatic carbocycles. The molecule has 5 heteroatoms. The Hall–Kier alpha value is -2.30. The van der Waals surface area contributed by atoms with E-state index in [0.29, 0.717) is 11.3 Å². The van der Waals surface area contributed by atoms with Crippen molar-refractivity contribution in [3.05, 3.63) is 47.3 Å². The van der Waals surface area contributed by atoms with Crippen LogP contribution in [0.4, 0.5) is 0 Å². The molecule has 0 saturated heterocycles. The topological polar surface area (TPSA) is 80.7 Å². The zero-order chi connectivity index (χ0) is 11.7. The first-order valence-corrected chi connectivity index (χ1v) is 4.51. The summed E-state index contributed by atoms with van der Waals surface area (Å²) in [5.74, 6) is -1.28. The Kier molecular flexibility index (Phi) is 2.36. The predicted octanol–water partition coefficient (Wildman–Crippen LogP) is 2.11. The number of furan rings is 2. The fraction of sp³-hybridized carbons (Fsp3) is 0.0909. The van der Waals surface area contributed by atoms with Crippen LogP contribution in [-0.2, 0) is 0 Å². The minimum Gasteiger partial charge on any atom is -0.475 e. The molecule has 0 bridgehead atoms. The van der Waals surface area contributed by atoms with Crippen LogP contribution < -0.4 is 0 Å². The minimum absolute atomic E-state index is 0.0156. The number of hydrogen-bond donors (Lipinski definition) is 1. The molecule has 0 aliphatic rings. The van der Waals surface area contributed by atoms with Crippen molar-refractivity contribution in [3.63, 3.8) is 0 Å². The van der Waals surface area contributed by atoms with Crippen molar-refractivity contribution in [1.29, 1.82) is 0 Å². The molecule has 0 saturated carbocycles. The van der Waals surface area contributed by atoms with Gasteiger partial charge in [0.15, 0.2) is 5.76 Å². The number of ketones is 1. The fourth-order valence-electron chi connectivity index (χ4n) is 1.28. The second kappa shape index (κ2) is 3.69. The van der Waals surface area contributed by atoms with Gasteiger partial charge in [0.05, 0.1) is 5.56 Å². The van der Waals surface area contributed by atoms with Crippen LogP contribution in [0, 0.1) is 6.92 Å². The Morgan fingerprint density at radius 3 is 2.44 bits per heavy atom. The van der Waals surface area contributed by atoms with Crippen LogP contribution in [0.3, 0.4) is 0 Å². The van der Waals surface area contributed by atoms with Gasteiger partial charge in [-0.2, -0.15) is 0 Å². The van der Waals surface area contributed by atoms with Crippen molar-refractivity contribution < 1.29 is 23.5 Å². The molecule has 0 aliphatic heterocycles. The largest absolute Gasteiger partial charge is 0.475 e. The van der Waals surface area contributed by atoms with E-state index in [-0.39, 0.29) is 11.5 Å². The number of aryl methyl sites for hydroxylation is 1. The standard InChI is InChI=1S/C11H8O5/c1-6-4-7(5-15-6)10(12)8-2-3-9(16-8)11(13)14/h2-5H,1H3,(H,13,14). The molecule has 0 atom stereocenters. The van der Waals surface area contributed by atoms with Crippen LogP contribution >= 0.6 is 0 Å². The van der Waals surface area contributed by atoms with Gasteiger partial charge in [-0.05, 0) is 25.1 Å². The molecule has 0 unspecified atom stereocenters. The van der Waals surface area contributed by atoms with Crippen molar-refractivity contribution in [3.8, 4) is 0 Å². The Bertz CT molecular complexity index is 546. The SMILES string of the molecule is Cc1cc(C(=O)c2ccc(C(=O)O)o2)co1. The van der Waals surface area contributed by atoms with Crippen LogP contribution in [0.1, 0.15) is 32.4 Å². The molecule has 5 nitrogen and oxygen atoms in total. The molecule has 0 aromatic carbocycles. The Morgan fingerprint density at radius 1 is 1.25 bits per heavy atom. The molecule has 1 N–H and O–H groups in total. The molecule has 0 fully saturated rings. The average molecular weight is 220 g/mol. The first-order valence-electron chi connectivity index (χ1n) is 4.51. The minimum atomic E-state index is -1.21. The molecule has 2 aromatic heterocycles. The fourth-order valence-corrected chi connectivity index (χ4v) is 1.28. The van der Waals surface area contributed by atoms with E-state index in [4.69, 9.17) is 13.9 Å². The Morgan fingerprint density at radius 2 is 1.94 bits per heavy atom. The highest BCUT2D eigenvalue weighted by Crippen LogP contribution is 2.15. The van der Waals surface area contributed by atoms with E-state index in [2.05, 4.69) is 0 Å². The van der Waals surface area contributed by atoms with Gasteiger partial charge in [-0.15, -0.1) is 0 Å². The maximum absolute atomic E-state index is 11.7. The quantitative estimate of drug-likeness (QED) is 0.801. The van der Waals surface area contributed by atoms with Crippen LogP contribution in [0.5, 0.6) is 0 Å².